The van der Waals surface area contributed by atoms with Crippen molar-refractivity contribution in [2.24, 2.45) is 10.9 Å². The molecule has 1 unspecified atom stereocenters. The molecule has 0 fully saturated rings. The maximum atomic E-state index is 4.18. The first kappa shape index (κ1) is 10.9. The molecule has 0 aliphatic heterocycles. The highest BCUT2D eigenvalue weighted by Gasteiger charge is 1.99. The van der Waals surface area contributed by atoms with Crippen molar-refractivity contribution < 1.29 is 0 Å². The largest absolute Gasteiger partial charge is 0.262 e. The maximum Gasteiger partial charge on any atom is 0.0359 e. The van der Waals surface area contributed by atoms with Crippen LogP contribution in [0.5, 0.6) is 0 Å². The smallest absolute Gasteiger partial charge is 0.0359 e. The van der Waals surface area contributed by atoms with Crippen molar-refractivity contribution >= 4 is 6.21 Å². The molecule has 0 aliphatic carbocycles. The summed E-state index contributed by atoms with van der Waals surface area (Å²) in [6, 6.07) is 0. The molecule has 0 bridgehead atoms. The predicted molar refractivity (Wildman–Crippen MR) is 56.4 cm³/mol. The van der Waals surface area contributed by atoms with Gasteiger partial charge in [0.2, 0.25) is 0 Å². The summed E-state index contributed by atoms with van der Waals surface area (Å²) in [4.78, 5) is 4.18. The van der Waals surface area contributed by atoms with E-state index in [1.165, 1.54) is 0 Å². The highest BCUT2D eigenvalue weighted by Crippen LogP contribution is 2.12. The molecule has 0 N–H and O–H groups in total. The van der Waals surface area contributed by atoms with Gasteiger partial charge in [0.15, 0.2) is 0 Å². The molecule has 0 aliphatic rings. The second-order valence-corrected chi connectivity index (χ2v) is 2.70. The van der Waals surface area contributed by atoms with E-state index in [-0.39, 0.29) is 0 Å². The second kappa shape index (κ2) is 6.59. The molecule has 1 atom stereocenters. The molecule has 66 valence electrons. The van der Waals surface area contributed by atoms with Crippen molar-refractivity contribution in [2.75, 3.05) is 0 Å². The quantitative estimate of drug-likeness (QED) is 0.435. The molecule has 1 nitrogen and oxygen atoms in total. The van der Waals surface area contributed by atoms with Gasteiger partial charge >= 0.3 is 0 Å². The molecule has 0 aromatic rings. The molecule has 0 aromatic carbocycles. The summed E-state index contributed by atoms with van der Waals surface area (Å²) in [6.07, 6.45) is 8.24. The Morgan fingerprint density at radius 3 is 2.67 bits per heavy atom. The van der Waals surface area contributed by atoms with Crippen LogP contribution in [-0.4, -0.2) is 6.21 Å². The van der Waals surface area contributed by atoms with Crippen LogP contribution in [-0.2, 0) is 0 Å². The topological polar surface area (TPSA) is 12.4 Å². The predicted octanol–water partition coefficient (Wildman–Crippen LogP) is 3.36. The lowest BCUT2D eigenvalue weighted by molar-refractivity contribution is 0.652. The van der Waals surface area contributed by atoms with E-state index in [1.54, 1.807) is 12.3 Å². The zero-order chi connectivity index (χ0) is 9.40. The van der Waals surface area contributed by atoms with Crippen LogP contribution in [0.4, 0.5) is 0 Å². The minimum absolute atomic E-state index is 0.471. The Morgan fingerprint density at radius 1 is 1.50 bits per heavy atom. The van der Waals surface area contributed by atoms with Gasteiger partial charge in [-0.2, -0.15) is 0 Å². The van der Waals surface area contributed by atoms with E-state index in [9.17, 15) is 0 Å². The average molecular weight is 163 g/mol. The van der Waals surface area contributed by atoms with Gasteiger partial charge in [0.1, 0.15) is 0 Å². The maximum absolute atomic E-state index is 4.18. The number of allylic oxidation sites excluding steroid dienone is 4. The Bertz CT molecular complexity index is 199. The van der Waals surface area contributed by atoms with Crippen molar-refractivity contribution in [2.45, 2.75) is 20.3 Å². The van der Waals surface area contributed by atoms with Crippen LogP contribution in [0, 0.1) is 5.92 Å². The van der Waals surface area contributed by atoms with Gasteiger partial charge in [-0.05, 0) is 18.4 Å². The Kier molecular flexibility index (Phi) is 5.98. The van der Waals surface area contributed by atoms with E-state index in [0.717, 1.165) is 12.1 Å². The van der Waals surface area contributed by atoms with Crippen molar-refractivity contribution in [1.82, 2.24) is 0 Å². The van der Waals surface area contributed by atoms with Crippen LogP contribution in [0.2, 0.25) is 0 Å². The van der Waals surface area contributed by atoms with Crippen molar-refractivity contribution in [3.8, 4) is 0 Å². The molecule has 1 heteroatoms. The number of hydrogen-bond donors (Lipinski definition) is 0. The van der Waals surface area contributed by atoms with Crippen molar-refractivity contribution in [3.05, 3.63) is 37.1 Å². The monoisotopic (exact) mass is 163 g/mol. The summed E-state index contributed by atoms with van der Waals surface area (Å²) in [7, 11) is 0. The third kappa shape index (κ3) is 4.67. The summed E-state index contributed by atoms with van der Waals surface area (Å²) in [5, 5.41) is 0. The van der Waals surface area contributed by atoms with E-state index in [4.69, 9.17) is 0 Å². The minimum Gasteiger partial charge on any atom is -0.262 e. The molecular formula is C11H17N. The normalized spacial score (nSPS) is 13.8. The van der Waals surface area contributed by atoms with Gasteiger partial charge in [-0.25, -0.2) is 0 Å². The van der Waals surface area contributed by atoms with E-state index in [2.05, 4.69) is 32.0 Å². The van der Waals surface area contributed by atoms with Gasteiger partial charge in [0.25, 0.3) is 0 Å². The Hall–Kier alpha value is -1.11. The first-order chi connectivity index (χ1) is 5.72. The summed E-state index contributed by atoms with van der Waals surface area (Å²) in [6.45, 7) is 11.7. The first-order valence-corrected chi connectivity index (χ1v) is 4.22. The van der Waals surface area contributed by atoms with Crippen LogP contribution >= 0.6 is 0 Å². The van der Waals surface area contributed by atoms with E-state index in [0.29, 0.717) is 5.92 Å². The van der Waals surface area contributed by atoms with Gasteiger partial charge in [0.05, 0.1) is 0 Å². The van der Waals surface area contributed by atoms with Crippen molar-refractivity contribution in [1.29, 1.82) is 0 Å². The standard InChI is InChI=1S/C11H17N/c1-5-7-8-9-12-11(4)10(3)6-2/h5,7-10H,1,4,6H2,2-3H3/b8-7-,12-9-. The van der Waals surface area contributed by atoms with E-state index in [1.807, 2.05) is 12.2 Å². The lowest BCUT2D eigenvalue weighted by atomic mass is 10.1. The molecule has 12 heavy (non-hydrogen) atoms. The van der Waals surface area contributed by atoms with Gasteiger partial charge < -0.3 is 0 Å². The van der Waals surface area contributed by atoms with Gasteiger partial charge in [-0.1, -0.05) is 39.2 Å². The molecule has 0 aromatic heterocycles. The molecule has 0 spiro atoms. The number of hydrogen-bond acceptors (Lipinski definition) is 1. The molecule has 0 saturated carbocycles. The Morgan fingerprint density at radius 2 is 2.17 bits per heavy atom. The molecule has 0 radical (unpaired) electrons. The van der Waals surface area contributed by atoms with Crippen LogP contribution in [0.25, 0.3) is 0 Å². The zero-order valence-corrected chi connectivity index (χ0v) is 7.96. The van der Waals surface area contributed by atoms with Gasteiger partial charge in [-0.15, -0.1) is 0 Å². The zero-order valence-electron chi connectivity index (χ0n) is 7.96. The average Bonchev–Trinajstić information content (AvgIpc) is 2.10. The molecule has 0 amide bonds. The highest BCUT2D eigenvalue weighted by atomic mass is 14.7. The fraction of sp³-hybridized carbons (Fsp3) is 0.364. The van der Waals surface area contributed by atoms with E-state index < -0.39 is 0 Å². The number of aliphatic imine (C=N–C) groups is 1. The second-order valence-electron chi connectivity index (χ2n) is 2.70. The molecule has 0 rings (SSSR count). The van der Waals surface area contributed by atoms with Gasteiger partial charge in [0, 0.05) is 11.9 Å². The Balaban J connectivity index is 3.90. The third-order valence-corrected chi connectivity index (χ3v) is 1.75. The van der Waals surface area contributed by atoms with Gasteiger partial charge in [-0.3, -0.25) is 4.99 Å². The fourth-order valence-corrected chi connectivity index (χ4v) is 0.630. The van der Waals surface area contributed by atoms with Crippen LogP contribution in [0.3, 0.4) is 0 Å². The molecule has 0 heterocycles. The Labute approximate surface area is 75.2 Å². The minimum atomic E-state index is 0.471. The third-order valence-electron chi connectivity index (χ3n) is 1.75. The van der Waals surface area contributed by atoms with Crippen LogP contribution in [0.15, 0.2) is 42.1 Å². The fourth-order valence-electron chi connectivity index (χ4n) is 0.630. The van der Waals surface area contributed by atoms with Crippen molar-refractivity contribution in [3.63, 3.8) is 0 Å². The molecule has 0 saturated heterocycles. The lowest BCUT2D eigenvalue weighted by Crippen LogP contribution is -1.92. The highest BCUT2D eigenvalue weighted by molar-refractivity contribution is 5.72. The summed E-state index contributed by atoms with van der Waals surface area (Å²) in [5.41, 5.74) is 0.936. The van der Waals surface area contributed by atoms with Crippen LogP contribution < -0.4 is 0 Å². The summed E-state index contributed by atoms with van der Waals surface area (Å²) < 4.78 is 0. The summed E-state index contributed by atoms with van der Waals surface area (Å²) >= 11 is 0. The van der Waals surface area contributed by atoms with Crippen LogP contribution in [0.1, 0.15) is 20.3 Å². The lowest BCUT2D eigenvalue weighted by Gasteiger charge is -2.05. The SMILES string of the molecule is C=C/C=C\C=N/C(=C)C(C)CC. The number of nitrogens with zero attached hydrogens (tertiary/aromatic N) is 1. The summed E-state index contributed by atoms with van der Waals surface area (Å²) in [5.74, 6) is 0.471. The molecular weight excluding hydrogens is 146 g/mol. The van der Waals surface area contributed by atoms with E-state index >= 15 is 0 Å². The first-order valence-electron chi connectivity index (χ1n) is 4.22. The number of rotatable bonds is 5.